The quantitative estimate of drug-likeness (QED) is 0.469. The first-order chi connectivity index (χ1) is 12.5. The van der Waals surface area contributed by atoms with Gasteiger partial charge in [0.05, 0.1) is 9.21 Å². The van der Waals surface area contributed by atoms with E-state index in [1.807, 2.05) is 31.2 Å². The summed E-state index contributed by atoms with van der Waals surface area (Å²) in [6, 6.07) is 10.9. The maximum Gasteiger partial charge on any atom is 0.308 e. The lowest BCUT2D eigenvalue weighted by Gasteiger charge is -2.14. The number of aromatic nitrogens is 2. The molecule has 26 heavy (non-hydrogen) atoms. The molecule has 0 aliphatic rings. The average Bonchev–Trinajstić information content (AvgIpc) is 3.02. The van der Waals surface area contributed by atoms with E-state index in [1.165, 1.54) is 18.3 Å². The molecule has 0 saturated heterocycles. The molecule has 5 nitrogen and oxygen atoms in total. The molecular weight excluding hydrogens is 370 g/mol. The van der Waals surface area contributed by atoms with Crippen molar-refractivity contribution in [2.75, 3.05) is 5.32 Å². The molecule has 0 saturated carbocycles. The van der Waals surface area contributed by atoms with Crippen LogP contribution in [0.5, 0.6) is 5.75 Å². The summed E-state index contributed by atoms with van der Waals surface area (Å²) >= 11 is 7.49. The minimum Gasteiger partial charge on any atom is -0.427 e. The average molecular weight is 388 g/mol. The molecule has 0 fully saturated rings. The van der Waals surface area contributed by atoms with Gasteiger partial charge in [-0.1, -0.05) is 18.5 Å². The number of esters is 1. The molecule has 0 amide bonds. The zero-order valence-electron chi connectivity index (χ0n) is 14.7. The summed E-state index contributed by atoms with van der Waals surface area (Å²) in [5.74, 6) is 1.58. The van der Waals surface area contributed by atoms with E-state index in [1.54, 1.807) is 12.1 Å². The molecule has 0 radical (unpaired) electrons. The van der Waals surface area contributed by atoms with Gasteiger partial charge in [-0.05, 0) is 49.7 Å². The minimum atomic E-state index is -0.343. The van der Waals surface area contributed by atoms with Gasteiger partial charge < -0.3 is 10.1 Å². The maximum absolute atomic E-state index is 11.0. The topological polar surface area (TPSA) is 64.1 Å². The van der Waals surface area contributed by atoms with Crippen LogP contribution in [0.2, 0.25) is 4.34 Å². The van der Waals surface area contributed by atoms with Crippen molar-refractivity contribution in [3.63, 3.8) is 0 Å². The molecule has 0 aliphatic carbocycles. The number of thiophene rings is 1. The van der Waals surface area contributed by atoms with Crippen LogP contribution in [0, 0.1) is 6.92 Å². The minimum absolute atomic E-state index is 0.343. The number of benzene rings is 1. The standard InChI is InChI=1S/C19H18ClN3O2S/c1-4-15-11(2)21-19(16-9-10-17(20)26-16)23-18(15)22-13-5-7-14(8-6-13)25-12(3)24/h5-10H,4H2,1-3H3,(H,21,22,23). The predicted octanol–water partition coefficient (Wildman–Crippen LogP) is 5.40. The predicted molar refractivity (Wildman–Crippen MR) is 106 cm³/mol. The molecule has 7 heteroatoms. The lowest BCUT2D eigenvalue weighted by Crippen LogP contribution is -2.05. The van der Waals surface area contributed by atoms with E-state index in [0.29, 0.717) is 15.9 Å². The molecule has 2 aromatic heterocycles. The van der Waals surface area contributed by atoms with Crippen molar-refractivity contribution in [1.82, 2.24) is 9.97 Å². The van der Waals surface area contributed by atoms with Crippen molar-refractivity contribution < 1.29 is 9.53 Å². The van der Waals surface area contributed by atoms with Crippen molar-refractivity contribution in [3.8, 4) is 16.5 Å². The van der Waals surface area contributed by atoms with Gasteiger partial charge in [-0.15, -0.1) is 11.3 Å². The van der Waals surface area contributed by atoms with Crippen molar-refractivity contribution in [2.45, 2.75) is 27.2 Å². The molecule has 0 unspecified atom stereocenters. The number of carbonyl (C=O) groups excluding carboxylic acids is 1. The lowest BCUT2D eigenvalue weighted by atomic mass is 10.1. The summed E-state index contributed by atoms with van der Waals surface area (Å²) in [5, 5.41) is 3.34. The largest absolute Gasteiger partial charge is 0.427 e. The Labute approximate surface area is 161 Å². The van der Waals surface area contributed by atoms with Crippen LogP contribution in [0.15, 0.2) is 36.4 Å². The Morgan fingerprint density at radius 1 is 1.19 bits per heavy atom. The summed E-state index contributed by atoms with van der Waals surface area (Å²) in [5.41, 5.74) is 2.84. The summed E-state index contributed by atoms with van der Waals surface area (Å²) in [6.07, 6.45) is 0.811. The number of rotatable bonds is 5. The van der Waals surface area contributed by atoms with Gasteiger partial charge in [0.15, 0.2) is 5.82 Å². The molecule has 0 atom stereocenters. The third-order valence-electron chi connectivity index (χ3n) is 3.74. The van der Waals surface area contributed by atoms with Crippen molar-refractivity contribution >= 4 is 40.4 Å². The second-order valence-corrected chi connectivity index (χ2v) is 7.38. The first kappa shape index (κ1) is 18.4. The van der Waals surface area contributed by atoms with Gasteiger partial charge in [0.2, 0.25) is 0 Å². The maximum atomic E-state index is 11.0. The fraction of sp³-hybridized carbons (Fsp3) is 0.211. The number of carbonyl (C=O) groups is 1. The van der Waals surface area contributed by atoms with Gasteiger partial charge in [-0.25, -0.2) is 9.97 Å². The summed E-state index contributed by atoms with van der Waals surface area (Å²) in [4.78, 5) is 21.3. The van der Waals surface area contributed by atoms with Gasteiger partial charge in [-0.2, -0.15) is 0 Å². The first-order valence-electron chi connectivity index (χ1n) is 8.15. The monoisotopic (exact) mass is 387 g/mol. The third kappa shape index (κ3) is 4.20. The highest BCUT2D eigenvalue weighted by Gasteiger charge is 2.13. The number of aryl methyl sites for hydroxylation is 1. The first-order valence-corrected chi connectivity index (χ1v) is 9.34. The molecule has 134 valence electrons. The Morgan fingerprint density at radius 2 is 1.92 bits per heavy atom. The van der Waals surface area contributed by atoms with E-state index in [4.69, 9.17) is 21.3 Å². The number of anilines is 2. The van der Waals surface area contributed by atoms with Gasteiger partial charge in [0.25, 0.3) is 0 Å². The van der Waals surface area contributed by atoms with Crippen molar-refractivity contribution in [3.05, 3.63) is 52.0 Å². The van der Waals surface area contributed by atoms with E-state index in [-0.39, 0.29) is 5.97 Å². The van der Waals surface area contributed by atoms with E-state index < -0.39 is 0 Å². The highest BCUT2D eigenvalue weighted by Crippen LogP contribution is 2.31. The second-order valence-electron chi connectivity index (χ2n) is 5.66. The van der Waals surface area contributed by atoms with E-state index in [9.17, 15) is 4.79 Å². The summed E-state index contributed by atoms with van der Waals surface area (Å²) in [6.45, 7) is 5.43. The Morgan fingerprint density at radius 3 is 2.50 bits per heavy atom. The normalized spacial score (nSPS) is 10.6. The molecular formula is C19H18ClN3O2S. The molecule has 0 bridgehead atoms. The van der Waals surface area contributed by atoms with Crippen LogP contribution >= 0.6 is 22.9 Å². The zero-order chi connectivity index (χ0) is 18.7. The third-order valence-corrected chi connectivity index (χ3v) is 4.97. The van der Waals surface area contributed by atoms with Crippen LogP contribution < -0.4 is 10.1 Å². The molecule has 1 N–H and O–H groups in total. The Kier molecular flexibility index (Phi) is 5.54. The van der Waals surface area contributed by atoms with Crippen LogP contribution in [0.3, 0.4) is 0 Å². The number of nitrogens with zero attached hydrogens (tertiary/aromatic N) is 2. The van der Waals surface area contributed by atoms with E-state index >= 15 is 0 Å². The highest BCUT2D eigenvalue weighted by molar-refractivity contribution is 7.19. The summed E-state index contributed by atoms with van der Waals surface area (Å²) in [7, 11) is 0. The Hall–Kier alpha value is -2.44. The van der Waals surface area contributed by atoms with Gasteiger partial charge in [0.1, 0.15) is 11.6 Å². The highest BCUT2D eigenvalue weighted by atomic mass is 35.5. The molecule has 0 spiro atoms. The number of hydrogen-bond donors (Lipinski definition) is 1. The Bertz CT molecular complexity index is 938. The molecule has 1 aromatic carbocycles. The number of halogens is 1. The Balaban J connectivity index is 1.92. The van der Waals surface area contributed by atoms with Crippen LogP contribution in [0.1, 0.15) is 25.1 Å². The van der Waals surface area contributed by atoms with E-state index in [0.717, 1.165) is 34.1 Å². The van der Waals surface area contributed by atoms with Crippen LogP contribution in [0.25, 0.3) is 10.7 Å². The molecule has 0 aliphatic heterocycles. The fourth-order valence-electron chi connectivity index (χ4n) is 2.58. The lowest BCUT2D eigenvalue weighted by molar-refractivity contribution is -0.131. The number of ether oxygens (including phenoxy) is 1. The van der Waals surface area contributed by atoms with E-state index in [2.05, 4.69) is 17.2 Å². The number of hydrogen-bond acceptors (Lipinski definition) is 6. The number of nitrogens with one attached hydrogen (secondary N) is 1. The summed E-state index contributed by atoms with van der Waals surface area (Å²) < 4.78 is 5.76. The van der Waals surface area contributed by atoms with Gasteiger partial charge in [0, 0.05) is 23.9 Å². The molecule has 2 heterocycles. The van der Waals surface area contributed by atoms with Crippen LogP contribution in [-0.4, -0.2) is 15.9 Å². The van der Waals surface area contributed by atoms with Crippen molar-refractivity contribution in [1.29, 1.82) is 0 Å². The fourth-order valence-corrected chi connectivity index (χ4v) is 3.55. The van der Waals surface area contributed by atoms with Gasteiger partial charge >= 0.3 is 5.97 Å². The van der Waals surface area contributed by atoms with Gasteiger partial charge in [-0.3, -0.25) is 4.79 Å². The van der Waals surface area contributed by atoms with Crippen LogP contribution in [-0.2, 0) is 11.2 Å². The second kappa shape index (κ2) is 7.85. The zero-order valence-corrected chi connectivity index (χ0v) is 16.2. The van der Waals surface area contributed by atoms with Crippen molar-refractivity contribution in [2.24, 2.45) is 0 Å². The SMILES string of the molecule is CCc1c(C)nc(-c2ccc(Cl)s2)nc1Nc1ccc(OC(C)=O)cc1. The molecule has 3 aromatic rings. The van der Waals surface area contributed by atoms with Crippen LogP contribution in [0.4, 0.5) is 11.5 Å². The molecule has 3 rings (SSSR count). The smallest absolute Gasteiger partial charge is 0.308 e.